The van der Waals surface area contributed by atoms with E-state index in [0.29, 0.717) is 19.3 Å². The topological polar surface area (TPSA) is 84.2 Å². The van der Waals surface area contributed by atoms with Crippen molar-refractivity contribution >= 4 is 11.9 Å². The number of nitrogens with one attached hydrogen (secondary N) is 1. The van der Waals surface area contributed by atoms with Crippen molar-refractivity contribution in [3.63, 3.8) is 0 Å². The van der Waals surface area contributed by atoms with E-state index in [1.165, 1.54) is 0 Å². The van der Waals surface area contributed by atoms with Crippen LogP contribution in [0, 0.1) is 0 Å². The number of hydrogen-bond donors (Lipinski definition) is 2. The predicted octanol–water partition coefficient (Wildman–Crippen LogP) is 1.35. The van der Waals surface area contributed by atoms with Crippen LogP contribution in [0.15, 0.2) is 18.5 Å². The van der Waals surface area contributed by atoms with E-state index in [9.17, 15) is 14.7 Å². The molecule has 6 heteroatoms. The summed E-state index contributed by atoms with van der Waals surface area (Å²) in [5.41, 5.74) is -1.09. The summed E-state index contributed by atoms with van der Waals surface area (Å²) in [7, 11) is 0. The van der Waals surface area contributed by atoms with Crippen LogP contribution in [0.4, 0.5) is 0 Å². The molecule has 1 atom stereocenters. The smallest absolute Gasteiger partial charge is 0.329 e. The Balaban J connectivity index is 2.13. The zero-order chi connectivity index (χ0) is 13.9. The highest BCUT2D eigenvalue weighted by Crippen LogP contribution is 2.30. The van der Waals surface area contributed by atoms with E-state index in [2.05, 4.69) is 10.4 Å². The predicted molar refractivity (Wildman–Crippen MR) is 68.5 cm³/mol. The molecule has 0 radical (unpaired) electrons. The molecule has 2 N–H and O–H groups in total. The van der Waals surface area contributed by atoms with Crippen LogP contribution in [0.2, 0.25) is 0 Å². The molecular weight excluding hydrogens is 246 g/mol. The summed E-state index contributed by atoms with van der Waals surface area (Å²) in [6.45, 7) is 1.88. The molecule has 1 saturated carbocycles. The fourth-order valence-electron chi connectivity index (χ4n) is 2.65. The molecule has 104 valence electrons. The van der Waals surface area contributed by atoms with Crippen LogP contribution in [0.25, 0.3) is 0 Å². The van der Waals surface area contributed by atoms with Gasteiger partial charge in [-0.2, -0.15) is 5.10 Å². The molecule has 0 spiro atoms. The van der Waals surface area contributed by atoms with Gasteiger partial charge >= 0.3 is 5.97 Å². The first-order valence-corrected chi connectivity index (χ1v) is 6.63. The molecule has 0 aromatic carbocycles. The van der Waals surface area contributed by atoms with Crippen LogP contribution < -0.4 is 5.32 Å². The van der Waals surface area contributed by atoms with Crippen LogP contribution in [0.1, 0.15) is 45.1 Å². The minimum atomic E-state index is -1.09. The van der Waals surface area contributed by atoms with Gasteiger partial charge in [0.1, 0.15) is 11.6 Å². The second-order valence-electron chi connectivity index (χ2n) is 4.99. The highest BCUT2D eigenvalue weighted by molar-refractivity contribution is 5.89. The lowest BCUT2D eigenvalue weighted by Gasteiger charge is -2.27. The fraction of sp³-hybridized carbons (Fsp3) is 0.615. The van der Waals surface area contributed by atoms with E-state index in [4.69, 9.17) is 0 Å². The van der Waals surface area contributed by atoms with Gasteiger partial charge in [0, 0.05) is 12.4 Å². The van der Waals surface area contributed by atoms with Crippen molar-refractivity contribution in [1.29, 1.82) is 0 Å². The Hall–Kier alpha value is -1.85. The third-order valence-corrected chi connectivity index (χ3v) is 3.76. The monoisotopic (exact) mass is 265 g/mol. The van der Waals surface area contributed by atoms with Crippen molar-refractivity contribution < 1.29 is 14.7 Å². The number of hydrogen-bond acceptors (Lipinski definition) is 3. The maximum absolute atomic E-state index is 12.3. The van der Waals surface area contributed by atoms with E-state index >= 15 is 0 Å². The number of carboxylic acid groups (broad SMARTS) is 1. The number of carboxylic acids is 1. The minimum Gasteiger partial charge on any atom is -0.480 e. The molecule has 1 aliphatic carbocycles. The molecule has 1 fully saturated rings. The van der Waals surface area contributed by atoms with Crippen LogP contribution in [0.3, 0.4) is 0 Å². The summed E-state index contributed by atoms with van der Waals surface area (Å²) >= 11 is 0. The molecule has 0 saturated heterocycles. The average Bonchev–Trinajstić information content (AvgIpc) is 3.01. The maximum Gasteiger partial charge on any atom is 0.329 e. The third kappa shape index (κ3) is 2.62. The van der Waals surface area contributed by atoms with Gasteiger partial charge in [0.15, 0.2) is 0 Å². The third-order valence-electron chi connectivity index (χ3n) is 3.76. The van der Waals surface area contributed by atoms with Gasteiger partial charge in [-0.3, -0.25) is 9.48 Å². The fourth-order valence-corrected chi connectivity index (χ4v) is 2.65. The van der Waals surface area contributed by atoms with Crippen molar-refractivity contribution in [2.24, 2.45) is 0 Å². The molecular formula is C13H19N3O3. The van der Waals surface area contributed by atoms with Crippen LogP contribution in [0.5, 0.6) is 0 Å². The van der Waals surface area contributed by atoms with E-state index < -0.39 is 17.6 Å². The number of aromatic nitrogens is 2. The van der Waals surface area contributed by atoms with E-state index in [-0.39, 0.29) is 5.91 Å². The molecule has 6 nitrogen and oxygen atoms in total. The van der Waals surface area contributed by atoms with Crippen molar-refractivity contribution in [2.75, 3.05) is 0 Å². The quantitative estimate of drug-likeness (QED) is 0.841. The average molecular weight is 265 g/mol. The normalized spacial score (nSPS) is 19.0. The highest BCUT2D eigenvalue weighted by Gasteiger charge is 2.43. The molecule has 1 aliphatic rings. The van der Waals surface area contributed by atoms with Gasteiger partial charge in [-0.25, -0.2) is 4.79 Å². The first-order chi connectivity index (χ1) is 9.09. The molecule has 1 aromatic rings. The molecule has 1 amide bonds. The number of rotatable bonds is 5. The van der Waals surface area contributed by atoms with Gasteiger partial charge in [0.05, 0.1) is 0 Å². The standard InChI is InChI=1S/C13H19N3O3/c1-2-10(16-9-5-8-14-16)11(17)15-13(12(18)19)6-3-4-7-13/h5,8-10H,2-4,6-7H2,1H3,(H,15,17)(H,18,19)/t10-/m1/s1. The first-order valence-electron chi connectivity index (χ1n) is 6.63. The number of carbonyl (C=O) groups excluding carboxylic acids is 1. The Morgan fingerprint density at radius 1 is 1.47 bits per heavy atom. The molecule has 0 unspecified atom stereocenters. The number of aliphatic carboxylic acids is 1. The SMILES string of the molecule is CC[C@H](C(=O)NC1(C(=O)O)CCCC1)n1cccn1. The second-order valence-corrected chi connectivity index (χ2v) is 4.99. The van der Waals surface area contributed by atoms with Crippen LogP contribution in [-0.2, 0) is 9.59 Å². The van der Waals surface area contributed by atoms with Crippen LogP contribution in [-0.4, -0.2) is 32.3 Å². The van der Waals surface area contributed by atoms with Crippen molar-refractivity contribution in [3.05, 3.63) is 18.5 Å². The van der Waals surface area contributed by atoms with Crippen molar-refractivity contribution in [3.8, 4) is 0 Å². The Labute approximate surface area is 111 Å². The van der Waals surface area contributed by atoms with E-state index in [1.54, 1.807) is 23.1 Å². The van der Waals surface area contributed by atoms with Gasteiger partial charge in [-0.05, 0) is 25.3 Å². The van der Waals surface area contributed by atoms with Gasteiger partial charge in [-0.15, -0.1) is 0 Å². The largest absolute Gasteiger partial charge is 0.480 e. The summed E-state index contributed by atoms with van der Waals surface area (Å²) in [6.07, 6.45) is 6.58. The van der Waals surface area contributed by atoms with E-state index in [0.717, 1.165) is 12.8 Å². The summed E-state index contributed by atoms with van der Waals surface area (Å²) < 4.78 is 1.57. The lowest BCUT2D eigenvalue weighted by molar-refractivity contribution is -0.148. The highest BCUT2D eigenvalue weighted by atomic mass is 16.4. The summed E-state index contributed by atoms with van der Waals surface area (Å²) in [5, 5.41) is 16.2. The summed E-state index contributed by atoms with van der Waals surface area (Å²) in [5.74, 6) is -1.20. The summed E-state index contributed by atoms with van der Waals surface area (Å²) in [6, 6.07) is 1.30. The minimum absolute atomic E-state index is 0.268. The van der Waals surface area contributed by atoms with Crippen molar-refractivity contribution in [1.82, 2.24) is 15.1 Å². The number of nitrogens with zero attached hydrogens (tertiary/aromatic N) is 2. The molecule has 0 aliphatic heterocycles. The molecule has 0 bridgehead atoms. The Morgan fingerprint density at radius 3 is 2.63 bits per heavy atom. The number of carbonyl (C=O) groups is 2. The van der Waals surface area contributed by atoms with Crippen LogP contribution >= 0.6 is 0 Å². The lowest BCUT2D eigenvalue weighted by Crippen LogP contribution is -2.54. The van der Waals surface area contributed by atoms with E-state index in [1.807, 2.05) is 6.92 Å². The van der Waals surface area contributed by atoms with Crippen molar-refractivity contribution in [2.45, 2.75) is 50.6 Å². The Morgan fingerprint density at radius 2 is 2.16 bits per heavy atom. The zero-order valence-corrected chi connectivity index (χ0v) is 11.0. The molecule has 19 heavy (non-hydrogen) atoms. The molecule has 1 aromatic heterocycles. The Bertz CT molecular complexity index is 450. The zero-order valence-electron chi connectivity index (χ0n) is 11.0. The lowest BCUT2D eigenvalue weighted by atomic mass is 9.97. The molecule has 2 rings (SSSR count). The summed E-state index contributed by atoms with van der Waals surface area (Å²) in [4.78, 5) is 23.7. The van der Waals surface area contributed by atoms with Gasteiger partial charge in [0.25, 0.3) is 0 Å². The first kappa shape index (κ1) is 13.6. The molecule has 1 heterocycles. The maximum atomic E-state index is 12.3. The van der Waals surface area contributed by atoms with Gasteiger partial charge < -0.3 is 10.4 Å². The number of amides is 1. The van der Waals surface area contributed by atoms with Gasteiger partial charge in [-0.1, -0.05) is 19.8 Å². The van der Waals surface area contributed by atoms with Gasteiger partial charge in [0.2, 0.25) is 5.91 Å². The second kappa shape index (κ2) is 5.42. The Kier molecular flexibility index (Phi) is 3.87.